The van der Waals surface area contributed by atoms with Crippen molar-refractivity contribution in [2.75, 3.05) is 13.7 Å². The Morgan fingerprint density at radius 1 is 1.50 bits per heavy atom. The van der Waals surface area contributed by atoms with E-state index in [0.29, 0.717) is 6.42 Å². The van der Waals surface area contributed by atoms with Crippen molar-refractivity contribution >= 4 is 5.91 Å². The molecule has 4 nitrogen and oxygen atoms in total. The summed E-state index contributed by atoms with van der Waals surface area (Å²) in [7, 11) is 1.67. The largest absolute Gasteiger partial charge is 0.496 e. The molecular formula is C14H22N2O2. The number of nitrogens with two attached hydrogens (primary N) is 1. The lowest BCUT2D eigenvalue weighted by Gasteiger charge is -2.17. The predicted octanol–water partition coefficient (Wildman–Crippen LogP) is 1.92. The number of ether oxygens (including phenoxy) is 1. The van der Waals surface area contributed by atoms with Crippen LogP contribution in [0, 0.1) is 6.92 Å². The maximum absolute atomic E-state index is 10.6. The van der Waals surface area contributed by atoms with E-state index in [1.54, 1.807) is 7.11 Å². The maximum atomic E-state index is 10.6. The number of hydrogen-bond donors (Lipinski definition) is 2. The van der Waals surface area contributed by atoms with Crippen molar-refractivity contribution in [3.63, 3.8) is 0 Å². The van der Waals surface area contributed by atoms with Gasteiger partial charge in [-0.1, -0.05) is 17.7 Å². The first-order valence-electron chi connectivity index (χ1n) is 6.21. The molecule has 0 saturated heterocycles. The molecule has 1 atom stereocenters. The van der Waals surface area contributed by atoms with Crippen LogP contribution in [0.15, 0.2) is 18.2 Å². The monoisotopic (exact) mass is 250 g/mol. The second-order valence-electron chi connectivity index (χ2n) is 4.49. The molecule has 100 valence electrons. The van der Waals surface area contributed by atoms with Crippen LogP contribution in [0.4, 0.5) is 0 Å². The molecular weight excluding hydrogens is 228 g/mol. The summed E-state index contributed by atoms with van der Waals surface area (Å²) in [6.45, 7) is 4.91. The van der Waals surface area contributed by atoms with Crippen molar-refractivity contribution in [2.45, 2.75) is 32.7 Å². The van der Waals surface area contributed by atoms with E-state index >= 15 is 0 Å². The minimum atomic E-state index is -0.252. The molecule has 1 aromatic rings. The van der Waals surface area contributed by atoms with Gasteiger partial charge in [0.05, 0.1) is 7.11 Å². The van der Waals surface area contributed by atoms with Gasteiger partial charge in [0, 0.05) is 18.0 Å². The number of amides is 1. The molecule has 0 fully saturated rings. The van der Waals surface area contributed by atoms with Crippen molar-refractivity contribution in [1.82, 2.24) is 5.32 Å². The molecule has 0 aliphatic rings. The molecule has 18 heavy (non-hydrogen) atoms. The number of aryl methyl sites for hydroxylation is 1. The highest BCUT2D eigenvalue weighted by molar-refractivity contribution is 5.73. The third-order valence-corrected chi connectivity index (χ3v) is 2.90. The van der Waals surface area contributed by atoms with Gasteiger partial charge in [-0.2, -0.15) is 0 Å². The summed E-state index contributed by atoms with van der Waals surface area (Å²) in [6.07, 6.45) is 1.18. The fourth-order valence-electron chi connectivity index (χ4n) is 1.88. The number of hydrogen-bond acceptors (Lipinski definition) is 3. The average Bonchev–Trinajstić information content (AvgIpc) is 2.34. The van der Waals surface area contributed by atoms with E-state index in [9.17, 15) is 4.79 Å². The predicted molar refractivity (Wildman–Crippen MR) is 72.6 cm³/mol. The Kier molecular flexibility index (Phi) is 5.65. The van der Waals surface area contributed by atoms with Gasteiger partial charge in [-0.05, 0) is 32.9 Å². The van der Waals surface area contributed by atoms with Crippen LogP contribution in [-0.2, 0) is 4.79 Å². The number of carbonyl (C=O) groups is 1. The molecule has 4 heteroatoms. The van der Waals surface area contributed by atoms with Crippen molar-refractivity contribution in [2.24, 2.45) is 5.73 Å². The number of carbonyl (C=O) groups excluding carboxylic acids is 1. The van der Waals surface area contributed by atoms with E-state index in [-0.39, 0.29) is 11.9 Å². The standard InChI is InChI=1S/C14H22N2O2/c1-10-6-7-13(18-3)12(9-10)11(2)16-8-4-5-14(15)17/h6-7,9,11,16H,4-5,8H2,1-3H3,(H2,15,17). The summed E-state index contributed by atoms with van der Waals surface area (Å²) in [5.74, 6) is 0.632. The minimum Gasteiger partial charge on any atom is -0.496 e. The zero-order valence-electron chi connectivity index (χ0n) is 11.3. The number of rotatable bonds is 7. The van der Waals surface area contributed by atoms with Crippen LogP contribution >= 0.6 is 0 Å². The summed E-state index contributed by atoms with van der Waals surface area (Å²) >= 11 is 0. The number of benzene rings is 1. The molecule has 1 aromatic carbocycles. The Hall–Kier alpha value is -1.55. The SMILES string of the molecule is COc1ccc(C)cc1C(C)NCCCC(N)=O. The van der Waals surface area contributed by atoms with Crippen LogP contribution in [-0.4, -0.2) is 19.6 Å². The van der Waals surface area contributed by atoms with Crippen molar-refractivity contribution in [3.05, 3.63) is 29.3 Å². The first kappa shape index (κ1) is 14.5. The van der Waals surface area contributed by atoms with Crippen LogP contribution in [0.1, 0.15) is 36.9 Å². The lowest BCUT2D eigenvalue weighted by atomic mass is 10.0. The van der Waals surface area contributed by atoms with Gasteiger partial charge in [0.15, 0.2) is 0 Å². The quantitative estimate of drug-likeness (QED) is 0.727. The van der Waals surface area contributed by atoms with Gasteiger partial charge in [-0.25, -0.2) is 0 Å². The van der Waals surface area contributed by atoms with E-state index in [1.807, 2.05) is 12.1 Å². The molecule has 1 amide bonds. The molecule has 0 aliphatic carbocycles. The highest BCUT2D eigenvalue weighted by Gasteiger charge is 2.10. The summed E-state index contributed by atoms with van der Waals surface area (Å²) in [6, 6.07) is 6.31. The third kappa shape index (κ3) is 4.37. The van der Waals surface area contributed by atoms with Gasteiger partial charge in [-0.3, -0.25) is 4.79 Å². The Morgan fingerprint density at radius 3 is 2.83 bits per heavy atom. The molecule has 0 aromatic heterocycles. The summed E-state index contributed by atoms with van der Waals surface area (Å²) < 4.78 is 5.35. The topological polar surface area (TPSA) is 64.3 Å². The second kappa shape index (κ2) is 7.01. The van der Waals surface area contributed by atoms with Crippen LogP contribution in [0.5, 0.6) is 5.75 Å². The molecule has 1 rings (SSSR count). The van der Waals surface area contributed by atoms with Gasteiger partial charge >= 0.3 is 0 Å². The van der Waals surface area contributed by atoms with E-state index in [2.05, 4.69) is 25.2 Å². The number of methoxy groups -OCH3 is 1. The summed E-state index contributed by atoms with van der Waals surface area (Å²) in [5, 5.41) is 3.37. The number of primary amides is 1. The Bertz CT molecular complexity index is 405. The van der Waals surface area contributed by atoms with Crippen molar-refractivity contribution in [1.29, 1.82) is 0 Å². The lowest BCUT2D eigenvalue weighted by Crippen LogP contribution is -2.22. The second-order valence-corrected chi connectivity index (χ2v) is 4.49. The first-order valence-corrected chi connectivity index (χ1v) is 6.21. The maximum Gasteiger partial charge on any atom is 0.217 e. The zero-order valence-corrected chi connectivity index (χ0v) is 11.3. The normalized spacial score (nSPS) is 12.2. The highest BCUT2D eigenvalue weighted by Crippen LogP contribution is 2.25. The summed E-state index contributed by atoms with van der Waals surface area (Å²) in [5.41, 5.74) is 7.44. The van der Waals surface area contributed by atoms with Gasteiger partial charge in [0.1, 0.15) is 5.75 Å². The van der Waals surface area contributed by atoms with E-state index in [1.165, 1.54) is 5.56 Å². The Labute approximate surface area is 109 Å². The minimum absolute atomic E-state index is 0.188. The van der Waals surface area contributed by atoms with E-state index < -0.39 is 0 Å². The molecule has 1 unspecified atom stereocenters. The van der Waals surface area contributed by atoms with E-state index in [4.69, 9.17) is 10.5 Å². The summed E-state index contributed by atoms with van der Waals surface area (Å²) in [4.78, 5) is 10.6. The van der Waals surface area contributed by atoms with Gasteiger partial charge < -0.3 is 15.8 Å². The first-order chi connectivity index (χ1) is 8.54. The van der Waals surface area contributed by atoms with Gasteiger partial charge in [0.25, 0.3) is 0 Å². The smallest absolute Gasteiger partial charge is 0.217 e. The third-order valence-electron chi connectivity index (χ3n) is 2.90. The molecule has 0 aliphatic heterocycles. The molecule has 0 heterocycles. The van der Waals surface area contributed by atoms with Crippen molar-refractivity contribution in [3.8, 4) is 5.75 Å². The highest BCUT2D eigenvalue weighted by atomic mass is 16.5. The molecule has 0 bridgehead atoms. The van der Waals surface area contributed by atoms with Crippen LogP contribution in [0.2, 0.25) is 0 Å². The average molecular weight is 250 g/mol. The van der Waals surface area contributed by atoms with Crippen LogP contribution < -0.4 is 15.8 Å². The molecule has 0 saturated carbocycles. The Morgan fingerprint density at radius 2 is 2.22 bits per heavy atom. The lowest BCUT2D eigenvalue weighted by molar-refractivity contribution is -0.118. The Balaban J connectivity index is 2.57. The van der Waals surface area contributed by atoms with Crippen molar-refractivity contribution < 1.29 is 9.53 Å². The van der Waals surface area contributed by atoms with E-state index in [0.717, 1.165) is 24.3 Å². The fourth-order valence-corrected chi connectivity index (χ4v) is 1.88. The van der Waals surface area contributed by atoms with Crippen LogP contribution in [0.25, 0.3) is 0 Å². The number of nitrogens with one attached hydrogen (secondary N) is 1. The molecule has 3 N–H and O–H groups in total. The van der Waals surface area contributed by atoms with Crippen LogP contribution in [0.3, 0.4) is 0 Å². The van der Waals surface area contributed by atoms with Gasteiger partial charge in [0.2, 0.25) is 5.91 Å². The molecule has 0 spiro atoms. The van der Waals surface area contributed by atoms with Gasteiger partial charge in [-0.15, -0.1) is 0 Å². The zero-order chi connectivity index (χ0) is 13.5. The fraction of sp³-hybridized carbons (Fsp3) is 0.500. The molecule has 0 radical (unpaired) electrons.